The summed E-state index contributed by atoms with van der Waals surface area (Å²) in [4.78, 5) is 0. The van der Waals surface area contributed by atoms with Crippen molar-refractivity contribution in [3.8, 4) is 6.07 Å². The summed E-state index contributed by atoms with van der Waals surface area (Å²) in [7, 11) is 0. The maximum Gasteiger partial charge on any atom is 0.0672 e. The third kappa shape index (κ3) is 3.22. The second kappa shape index (κ2) is 6.25. The molecule has 90 valence electrons. The normalized spacial score (nSPS) is 31.4. The molecule has 0 aromatic carbocycles. The van der Waals surface area contributed by atoms with Crippen LogP contribution in [0.1, 0.15) is 57.8 Å². The van der Waals surface area contributed by atoms with Crippen LogP contribution >= 0.6 is 0 Å². The molecule has 1 N–H and O–H groups in total. The highest BCUT2D eigenvalue weighted by molar-refractivity contribution is 4.94. The van der Waals surface area contributed by atoms with E-state index in [4.69, 9.17) is 5.26 Å². The van der Waals surface area contributed by atoms with Crippen LogP contribution in [0.25, 0.3) is 0 Å². The average molecular weight is 220 g/mol. The van der Waals surface area contributed by atoms with Crippen LogP contribution in [-0.4, -0.2) is 12.6 Å². The van der Waals surface area contributed by atoms with Gasteiger partial charge in [0.25, 0.3) is 0 Å². The first kappa shape index (κ1) is 11.9. The van der Waals surface area contributed by atoms with Gasteiger partial charge in [-0.3, -0.25) is 0 Å². The fourth-order valence-electron chi connectivity index (χ4n) is 3.30. The van der Waals surface area contributed by atoms with Gasteiger partial charge >= 0.3 is 0 Å². The lowest BCUT2D eigenvalue weighted by atomic mass is 9.85. The zero-order chi connectivity index (χ0) is 11.2. The Morgan fingerprint density at radius 3 is 2.44 bits per heavy atom. The van der Waals surface area contributed by atoms with Gasteiger partial charge in [0, 0.05) is 6.04 Å². The van der Waals surface area contributed by atoms with E-state index in [1.165, 1.54) is 51.4 Å². The van der Waals surface area contributed by atoms with Crippen molar-refractivity contribution in [1.82, 2.24) is 5.32 Å². The van der Waals surface area contributed by atoms with Crippen LogP contribution in [0.15, 0.2) is 0 Å². The second-order valence-electron chi connectivity index (χ2n) is 5.52. The molecule has 2 rings (SSSR count). The van der Waals surface area contributed by atoms with Crippen molar-refractivity contribution in [2.45, 2.75) is 63.8 Å². The largest absolute Gasteiger partial charge is 0.313 e. The molecule has 0 aromatic heterocycles. The minimum Gasteiger partial charge on any atom is -0.313 e. The summed E-state index contributed by atoms with van der Waals surface area (Å²) in [6.45, 7) is 1.13. The Balaban J connectivity index is 1.65. The Morgan fingerprint density at radius 1 is 1.00 bits per heavy atom. The summed E-state index contributed by atoms with van der Waals surface area (Å²) in [5.41, 5.74) is 0. The predicted octanol–water partition coefficient (Wildman–Crippen LogP) is 3.24. The van der Waals surface area contributed by atoms with E-state index >= 15 is 0 Å². The van der Waals surface area contributed by atoms with E-state index in [-0.39, 0.29) is 5.92 Å². The Labute approximate surface area is 99.4 Å². The Hall–Kier alpha value is -0.550. The van der Waals surface area contributed by atoms with Gasteiger partial charge in [-0.15, -0.1) is 0 Å². The third-order valence-corrected chi connectivity index (χ3v) is 4.37. The fourth-order valence-corrected chi connectivity index (χ4v) is 3.30. The van der Waals surface area contributed by atoms with Crippen LogP contribution in [0.2, 0.25) is 0 Å². The molecule has 16 heavy (non-hydrogen) atoms. The van der Waals surface area contributed by atoms with Crippen molar-refractivity contribution < 1.29 is 0 Å². The molecule has 0 amide bonds. The predicted molar refractivity (Wildman–Crippen MR) is 65.9 cm³/mol. The molecule has 0 radical (unpaired) electrons. The standard InChI is InChI=1S/C14H24N2/c15-11-13-7-3-4-8-14(13)16-10-9-12-5-1-2-6-12/h12-14,16H,1-10H2. The molecule has 0 spiro atoms. The van der Waals surface area contributed by atoms with Gasteiger partial charge in [-0.05, 0) is 31.7 Å². The maximum absolute atomic E-state index is 9.08. The summed E-state index contributed by atoms with van der Waals surface area (Å²) in [6.07, 6.45) is 12.0. The SMILES string of the molecule is N#CC1CCCCC1NCCC1CCCC1. The molecule has 2 fully saturated rings. The quantitative estimate of drug-likeness (QED) is 0.789. The first-order valence-corrected chi connectivity index (χ1v) is 7.03. The van der Waals surface area contributed by atoms with E-state index < -0.39 is 0 Å². The summed E-state index contributed by atoms with van der Waals surface area (Å²) in [5, 5.41) is 12.7. The Morgan fingerprint density at radius 2 is 1.69 bits per heavy atom. The molecular weight excluding hydrogens is 196 g/mol. The zero-order valence-corrected chi connectivity index (χ0v) is 10.3. The lowest BCUT2D eigenvalue weighted by Gasteiger charge is -2.28. The molecule has 2 aliphatic rings. The molecule has 2 unspecified atom stereocenters. The van der Waals surface area contributed by atoms with Crippen molar-refractivity contribution >= 4 is 0 Å². The lowest BCUT2D eigenvalue weighted by molar-refractivity contribution is 0.304. The number of hydrogen-bond acceptors (Lipinski definition) is 2. The average Bonchev–Trinajstić information content (AvgIpc) is 2.83. The van der Waals surface area contributed by atoms with Crippen molar-refractivity contribution in [2.24, 2.45) is 11.8 Å². The first-order valence-electron chi connectivity index (χ1n) is 7.03. The molecule has 2 nitrogen and oxygen atoms in total. The monoisotopic (exact) mass is 220 g/mol. The van der Waals surface area contributed by atoms with E-state index in [1.54, 1.807) is 0 Å². The van der Waals surface area contributed by atoms with Gasteiger partial charge in [0.1, 0.15) is 0 Å². The van der Waals surface area contributed by atoms with E-state index in [0.717, 1.165) is 18.9 Å². The minimum absolute atomic E-state index is 0.275. The lowest BCUT2D eigenvalue weighted by Crippen LogP contribution is -2.38. The molecular formula is C14H24N2. The number of nitrogens with one attached hydrogen (secondary N) is 1. The highest BCUT2D eigenvalue weighted by atomic mass is 14.9. The second-order valence-corrected chi connectivity index (χ2v) is 5.52. The van der Waals surface area contributed by atoms with Crippen LogP contribution in [0.4, 0.5) is 0 Å². The zero-order valence-electron chi connectivity index (χ0n) is 10.3. The molecule has 2 atom stereocenters. The summed E-state index contributed by atoms with van der Waals surface area (Å²) in [6, 6.07) is 2.96. The van der Waals surface area contributed by atoms with Crippen LogP contribution in [0.5, 0.6) is 0 Å². The van der Waals surface area contributed by atoms with Crippen LogP contribution in [0.3, 0.4) is 0 Å². The fraction of sp³-hybridized carbons (Fsp3) is 0.929. The van der Waals surface area contributed by atoms with Crippen LogP contribution in [-0.2, 0) is 0 Å². The Kier molecular flexibility index (Phi) is 4.66. The molecule has 2 aliphatic carbocycles. The van der Waals surface area contributed by atoms with Gasteiger partial charge in [0.2, 0.25) is 0 Å². The Bertz CT molecular complexity index is 238. The molecule has 0 bridgehead atoms. The van der Waals surface area contributed by atoms with Crippen molar-refractivity contribution in [3.05, 3.63) is 0 Å². The number of rotatable bonds is 4. The van der Waals surface area contributed by atoms with Crippen molar-refractivity contribution in [2.75, 3.05) is 6.54 Å². The van der Waals surface area contributed by atoms with Crippen molar-refractivity contribution in [3.63, 3.8) is 0 Å². The summed E-state index contributed by atoms with van der Waals surface area (Å²) in [5.74, 6) is 1.24. The molecule has 0 saturated heterocycles. The van der Waals surface area contributed by atoms with E-state index in [0.29, 0.717) is 6.04 Å². The van der Waals surface area contributed by atoms with Gasteiger partial charge in [0.05, 0.1) is 12.0 Å². The van der Waals surface area contributed by atoms with Gasteiger partial charge < -0.3 is 5.32 Å². The number of nitriles is 1. The van der Waals surface area contributed by atoms with Gasteiger partial charge in [-0.2, -0.15) is 5.26 Å². The highest BCUT2D eigenvalue weighted by Gasteiger charge is 2.24. The molecule has 2 heteroatoms. The van der Waals surface area contributed by atoms with Gasteiger partial charge in [-0.1, -0.05) is 38.5 Å². The highest BCUT2D eigenvalue weighted by Crippen LogP contribution is 2.28. The number of hydrogen-bond donors (Lipinski definition) is 1. The summed E-state index contributed by atoms with van der Waals surface area (Å²) < 4.78 is 0. The van der Waals surface area contributed by atoms with Gasteiger partial charge in [-0.25, -0.2) is 0 Å². The van der Waals surface area contributed by atoms with Crippen molar-refractivity contribution in [1.29, 1.82) is 5.26 Å². The third-order valence-electron chi connectivity index (χ3n) is 4.37. The summed E-state index contributed by atoms with van der Waals surface area (Å²) >= 11 is 0. The first-order chi connectivity index (χ1) is 7.90. The minimum atomic E-state index is 0.275. The molecule has 2 saturated carbocycles. The molecule has 0 heterocycles. The van der Waals surface area contributed by atoms with E-state index in [2.05, 4.69) is 11.4 Å². The maximum atomic E-state index is 9.08. The van der Waals surface area contributed by atoms with E-state index in [9.17, 15) is 0 Å². The molecule has 0 aromatic rings. The number of nitrogens with zero attached hydrogens (tertiary/aromatic N) is 1. The van der Waals surface area contributed by atoms with Crippen LogP contribution < -0.4 is 5.32 Å². The topological polar surface area (TPSA) is 35.8 Å². The smallest absolute Gasteiger partial charge is 0.0672 e. The van der Waals surface area contributed by atoms with E-state index in [1.807, 2.05) is 0 Å². The molecule has 0 aliphatic heterocycles. The van der Waals surface area contributed by atoms with Crippen LogP contribution in [0, 0.1) is 23.2 Å². The van der Waals surface area contributed by atoms with Gasteiger partial charge in [0.15, 0.2) is 0 Å².